The van der Waals surface area contributed by atoms with Gasteiger partial charge < -0.3 is 10.0 Å². The lowest BCUT2D eigenvalue weighted by Gasteiger charge is -2.29. The van der Waals surface area contributed by atoms with E-state index in [-0.39, 0.29) is 18.6 Å². The van der Waals surface area contributed by atoms with Crippen molar-refractivity contribution in [2.24, 2.45) is 13.0 Å². The molecule has 1 N–H and O–H groups in total. The number of hydrogen-bond acceptors (Lipinski definition) is 3. The predicted octanol–water partition coefficient (Wildman–Crippen LogP) is 1.27. The average Bonchev–Trinajstić information content (AvgIpc) is 2.44. The topological polar surface area (TPSA) is 41.3 Å². The summed E-state index contributed by atoms with van der Waals surface area (Å²) in [5.41, 5.74) is 3.48. The van der Waals surface area contributed by atoms with E-state index >= 15 is 0 Å². The van der Waals surface area contributed by atoms with E-state index < -0.39 is 0 Å². The third kappa shape index (κ3) is 2.28. The molecule has 4 heteroatoms. The van der Waals surface area contributed by atoms with Crippen molar-refractivity contribution in [1.82, 2.24) is 14.7 Å². The van der Waals surface area contributed by atoms with Crippen molar-refractivity contribution in [2.75, 3.05) is 20.7 Å². The van der Waals surface area contributed by atoms with Gasteiger partial charge in [-0.05, 0) is 33.9 Å². The Kier molecular flexibility index (Phi) is 4.10. The van der Waals surface area contributed by atoms with Gasteiger partial charge in [0.1, 0.15) is 0 Å². The molecule has 92 valence electrons. The van der Waals surface area contributed by atoms with Crippen LogP contribution < -0.4 is 0 Å². The van der Waals surface area contributed by atoms with E-state index in [2.05, 4.69) is 23.8 Å². The summed E-state index contributed by atoms with van der Waals surface area (Å²) in [6.07, 6.45) is 0. The van der Waals surface area contributed by atoms with Gasteiger partial charge in [-0.15, -0.1) is 0 Å². The number of aryl methyl sites for hydroxylation is 2. The highest BCUT2D eigenvalue weighted by atomic mass is 16.3. The van der Waals surface area contributed by atoms with Gasteiger partial charge in [-0.3, -0.25) is 4.68 Å². The fraction of sp³-hybridized carbons (Fsp3) is 0.750. The molecule has 0 aliphatic heterocycles. The molecular weight excluding hydrogens is 202 g/mol. The SMILES string of the molecule is Cc1nn(C)c(C)c1C(C(C)CO)N(C)C. The Morgan fingerprint density at radius 2 is 1.94 bits per heavy atom. The van der Waals surface area contributed by atoms with E-state index in [0.717, 1.165) is 5.69 Å². The predicted molar refractivity (Wildman–Crippen MR) is 65.4 cm³/mol. The number of aliphatic hydroxyl groups is 1. The largest absolute Gasteiger partial charge is 0.396 e. The van der Waals surface area contributed by atoms with Crippen LogP contribution in [0.25, 0.3) is 0 Å². The molecule has 2 unspecified atom stereocenters. The second-order valence-electron chi connectivity index (χ2n) is 4.78. The molecule has 1 rings (SSSR count). The molecule has 2 atom stereocenters. The van der Waals surface area contributed by atoms with Crippen molar-refractivity contribution in [3.8, 4) is 0 Å². The molecule has 1 aromatic rings. The number of hydrogen-bond donors (Lipinski definition) is 1. The Bertz CT molecular complexity index is 357. The molecule has 1 aromatic heterocycles. The number of nitrogens with zero attached hydrogens (tertiary/aromatic N) is 3. The van der Waals surface area contributed by atoms with Crippen LogP contribution in [-0.2, 0) is 7.05 Å². The summed E-state index contributed by atoms with van der Waals surface area (Å²) in [7, 11) is 6.05. The zero-order chi connectivity index (χ0) is 12.5. The summed E-state index contributed by atoms with van der Waals surface area (Å²) >= 11 is 0. The van der Waals surface area contributed by atoms with E-state index in [9.17, 15) is 5.11 Å². The third-order valence-electron chi connectivity index (χ3n) is 3.24. The molecule has 0 spiro atoms. The van der Waals surface area contributed by atoms with Crippen molar-refractivity contribution in [3.05, 3.63) is 17.0 Å². The minimum absolute atomic E-state index is 0.191. The normalized spacial score (nSPS) is 15.5. The first-order valence-corrected chi connectivity index (χ1v) is 5.67. The highest BCUT2D eigenvalue weighted by Gasteiger charge is 2.26. The van der Waals surface area contributed by atoms with Crippen LogP contribution >= 0.6 is 0 Å². The molecule has 16 heavy (non-hydrogen) atoms. The quantitative estimate of drug-likeness (QED) is 0.839. The van der Waals surface area contributed by atoms with Crippen LogP contribution in [0.1, 0.15) is 29.9 Å². The van der Waals surface area contributed by atoms with Crippen LogP contribution in [0.15, 0.2) is 0 Å². The average molecular weight is 225 g/mol. The van der Waals surface area contributed by atoms with Crippen molar-refractivity contribution >= 4 is 0 Å². The molecule has 1 heterocycles. The fourth-order valence-electron chi connectivity index (χ4n) is 2.37. The number of aliphatic hydroxyl groups excluding tert-OH is 1. The molecular formula is C12H23N3O. The van der Waals surface area contributed by atoms with Gasteiger partial charge in [-0.1, -0.05) is 6.92 Å². The molecule has 0 radical (unpaired) electrons. The molecule has 0 bridgehead atoms. The molecule has 0 aliphatic rings. The van der Waals surface area contributed by atoms with Gasteiger partial charge in [0.05, 0.1) is 5.69 Å². The monoisotopic (exact) mass is 225 g/mol. The summed E-state index contributed by atoms with van der Waals surface area (Å²) < 4.78 is 1.91. The zero-order valence-corrected chi connectivity index (χ0v) is 11.2. The smallest absolute Gasteiger partial charge is 0.0644 e. The van der Waals surface area contributed by atoms with E-state index in [1.165, 1.54) is 11.3 Å². The molecule has 0 saturated carbocycles. The van der Waals surface area contributed by atoms with E-state index in [4.69, 9.17) is 0 Å². The molecule has 0 fully saturated rings. The van der Waals surface area contributed by atoms with Crippen molar-refractivity contribution < 1.29 is 5.11 Å². The molecule has 4 nitrogen and oxygen atoms in total. The van der Waals surface area contributed by atoms with Gasteiger partial charge in [0.15, 0.2) is 0 Å². The Morgan fingerprint density at radius 1 is 1.38 bits per heavy atom. The van der Waals surface area contributed by atoms with E-state index in [1.807, 2.05) is 32.7 Å². The maximum Gasteiger partial charge on any atom is 0.0644 e. The maximum absolute atomic E-state index is 9.35. The minimum atomic E-state index is 0.191. The van der Waals surface area contributed by atoms with Crippen LogP contribution in [-0.4, -0.2) is 40.5 Å². The van der Waals surface area contributed by atoms with Gasteiger partial charge in [0, 0.05) is 31.0 Å². The van der Waals surface area contributed by atoms with Crippen LogP contribution in [0.5, 0.6) is 0 Å². The van der Waals surface area contributed by atoms with Gasteiger partial charge in [-0.25, -0.2) is 0 Å². The Morgan fingerprint density at radius 3 is 2.25 bits per heavy atom. The molecule has 0 amide bonds. The van der Waals surface area contributed by atoms with Crippen molar-refractivity contribution in [2.45, 2.75) is 26.8 Å². The fourth-order valence-corrected chi connectivity index (χ4v) is 2.37. The Hall–Kier alpha value is -0.870. The van der Waals surface area contributed by atoms with Gasteiger partial charge in [0.2, 0.25) is 0 Å². The summed E-state index contributed by atoms with van der Waals surface area (Å²) in [6.45, 7) is 6.37. The maximum atomic E-state index is 9.35. The number of rotatable bonds is 4. The van der Waals surface area contributed by atoms with Crippen LogP contribution in [0, 0.1) is 19.8 Å². The standard InChI is InChI=1S/C12H23N3O/c1-8(7-16)12(14(4)5)11-9(2)13-15(6)10(11)3/h8,12,16H,7H2,1-6H3. The lowest BCUT2D eigenvalue weighted by molar-refractivity contribution is 0.145. The summed E-state index contributed by atoms with van der Waals surface area (Å²) in [4.78, 5) is 2.15. The van der Waals surface area contributed by atoms with E-state index in [0.29, 0.717) is 0 Å². The molecule has 0 aliphatic carbocycles. The minimum Gasteiger partial charge on any atom is -0.396 e. The first-order chi connectivity index (χ1) is 7.40. The van der Waals surface area contributed by atoms with Gasteiger partial charge >= 0.3 is 0 Å². The second kappa shape index (κ2) is 4.97. The third-order valence-corrected chi connectivity index (χ3v) is 3.24. The van der Waals surface area contributed by atoms with Crippen LogP contribution in [0.4, 0.5) is 0 Å². The summed E-state index contributed by atoms with van der Waals surface area (Å²) in [6, 6.07) is 0.221. The Balaban J connectivity index is 3.20. The van der Waals surface area contributed by atoms with Gasteiger partial charge in [-0.2, -0.15) is 5.10 Å². The molecule has 0 aromatic carbocycles. The van der Waals surface area contributed by atoms with Crippen molar-refractivity contribution in [3.63, 3.8) is 0 Å². The lowest BCUT2D eigenvalue weighted by atomic mass is 9.92. The lowest BCUT2D eigenvalue weighted by Crippen LogP contribution is -2.28. The van der Waals surface area contributed by atoms with Crippen LogP contribution in [0.3, 0.4) is 0 Å². The van der Waals surface area contributed by atoms with Crippen molar-refractivity contribution in [1.29, 1.82) is 0 Å². The van der Waals surface area contributed by atoms with E-state index in [1.54, 1.807) is 0 Å². The van der Waals surface area contributed by atoms with Crippen LogP contribution in [0.2, 0.25) is 0 Å². The Labute approximate surface area is 97.9 Å². The van der Waals surface area contributed by atoms with Gasteiger partial charge in [0.25, 0.3) is 0 Å². The zero-order valence-electron chi connectivity index (χ0n) is 11.2. The first kappa shape index (κ1) is 13.2. The summed E-state index contributed by atoms with van der Waals surface area (Å²) in [5, 5.41) is 13.8. The highest BCUT2D eigenvalue weighted by Crippen LogP contribution is 2.30. The molecule has 0 saturated heterocycles. The summed E-state index contributed by atoms with van der Waals surface area (Å²) in [5.74, 6) is 0.205. The number of aromatic nitrogens is 2. The first-order valence-electron chi connectivity index (χ1n) is 5.67. The second-order valence-corrected chi connectivity index (χ2v) is 4.78. The highest BCUT2D eigenvalue weighted by molar-refractivity contribution is 5.28.